The minimum atomic E-state index is -0.302. The third-order valence-corrected chi connectivity index (χ3v) is 6.81. The van der Waals surface area contributed by atoms with Crippen LogP contribution in [0, 0.1) is 0 Å². The lowest BCUT2D eigenvalue weighted by atomic mass is 10.2. The molecule has 2 aliphatic rings. The van der Waals surface area contributed by atoms with E-state index in [0.29, 0.717) is 29.4 Å². The zero-order chi connectivity index (χ0) is 13.2. The van der Waals surface area contributed by atoms with E-state index in [1.54, 1.807) is 0 Å². The van der Waals surface area contributed by atoms with Gasteiger partial charge in [0.15, 0.2) is 5.82 Å². The Morgan fingerprint density at radius 2 is 2.26 bits per heavy atom. The Bertz CT molecular complexity index is 429. The standard InChI is InChI=1S/C12H19N3O2S2/c1-2-9-10(19-4-3-18-9)11-14-12(17-15-11)8-5-7(16)6-13-8/h7-10,13,16H,2-6H2,1H3/t7?,8-,9?,10?/m0/s1. The number of aliphatic hydroxyl groups excluding tert-OH is 1. The molecule has 3 unspecified atom stereocenters. The van der Waals surface area contributed by atoms with Gasteiger partial charge in [0.25, 0.3) is 0 Å². The maximum atomic E-state index is 9.54. The molecule has 1 aromatic rings. The number of aromatic nitrogens is 2. The third-order valence-electron chi connectivity index (χ3n) is 3.57. The molecule has 0 bridgehead atoms. The summed E-state index contributed by atoms with van der Waals surface area (Å²) in [4.78, 5) is 4.56. The summed E-state index contributed by atoms with van der Waals surface area (Å²) in [7, 11) is 0. The molecule has 7 heteroatoms. The average Bonchev–Trinajstić information content (AvgIpc) is 3.07. The molecule has 0 aliphatic carbocycles. The van der Waals surface area contributed by atoms with Crippen LogP contribution in [0.25, 0.3) is 0 Å². The first kappa shape index (κ1) is 13.7. The number of hydrogen-bond donors (Lipinski definition) is 2. The van der Waals surface area contributed by atoms with Crippen LogP contribution >= 0.6 is 23.5 Å². The van der Waals surface area contributed by atoms with Crippen molar-refractivity contribution in [1.29, 1.82) is 0 Å². The highest BCUT2D eigenvalue weighted by molar-refractivity contribution is 8.06. The van der Waals surface area contributed by atoms with Crippen molar-refractivity contribution in [3.8, 4) is 0 Å². The fourth-order valence-corrected chi connectivity index (χ4v) is 5.53. The van der Waals surface area contributed by atoms with Crippen LogP contribution in [-0.2, 0) is 0 Å². The topological polar surface area (TPSA) is 71.2 Å². The summed E-state index contributed by atoms with van der Waals surface area (Å²) in [6, 6.07) is 0.0116. The normalized spacial score (nSPS) is 35.7. The van der Waals surface area contributed by atoms with Gasteiger partial charge in [-0.15, -0.1) is 11.8 Å². The van der Waals surface area contributed by atoms with Gasteiger partial charge in [0.2, 0.25) is 5.89 Å². The Hall–Kier alpha value is -0.240. The van der Waals surface area contributed by atoms with E-state index in [1.165, 1.54) is 5.75 Å². The highest BCUT2D eigenvalue weighted by Crippen LogP contribution is 2.43. The number of rotatable bonds is 3. The van der Waals surface area contributed by atoms with E-state index in [0.717, 1.165) is 18.0 Å². The van der Waals surface area contributed by atoms with Crippen molar-refractivity contribution in [2.24, 2.45) is 0 Å². The molecular formula is C12H19N3O2S2. The molecule has 5 nitrogen and oxygen atoms in total. The summed E-state index contributed by atoms with van der Waals surface area (Å²) >= 11 is 3.94. The molecule has 3 rings (SSSR count). The van der Waals surface area contributed by atoms with E-state index in [9.17, 15) is 5.11 Å². The first-order valence-electron chi connectivity index (χ1n) is 6.76. The maximum Gasteiger partial charge on any atom is 0.243 e. The number of nitrogens with one attached hydrogen (secondary N) is 1. The lowest BCUT2D eigenvalue weighted by Gasteiger charge is -2.27. The van der Waals surface area contributed by atoms with Crippen LogP contribution in [0.15, 0.2) is 4.52 Å². The predicted octanol–water partition coefficient (Wildman–Crippen LogP) is 1.76. The second kappa shape index (κ2) is 6.03. The van der Waals surface area contributed by atoms with E-state index in [1.807, 2.05) is 23.5 Å². The summed E-state index contributed by atoms with van der Waals surface area (Å²) in [6.45, 7) is 2.82. The zero-order valence-corrected chi connectivity index (χ0v) is 12.5. The molecule has 3 heterocycles. The molecule has 0 saturated carbocycles. The molecular weight excluding hydrogens is 282 g/mol. The maximum absolute atomic E-state index is 9.54. The van der Waals surface area contributed by atoms with Crippen molar-refractivity contribution in [2.75, 3.05) is 18.1 Å². The van der Waals surface area contributed by atoms with Gasteiger partial charge in [-0.2, -0.15) is 16.7 Å². The van der Waals surface area contributed by atoms with Crippen molar-refractivity contribution in [3.63, 3.8) is 0 Å². The van der Waals surface area contributed by atoms with Gasteiger partial charge in [-0.3, -0.25) is 0 Å². The first-order valence-corrected chi connectivity index (χ1v) is 8.85. The van der Waals surface area contributed by atoms with Gasteiger partial charge >= 0.3 is 0 Å². The molecule has 2 aliphatic heterocycles. The van der Waals surface area contributed by atoms with Crippen molar-refractivity contribution in [1.82, 2.24) is 15.5 Å². The Morgan fingerprint density at radius 3 is 3.00 bits per heavy atom. The Balaban J connectivity index is 1.73. The number of nitrogens with zero attached hydrogens (tertiary/aromatic N) is 2. The van der Waals surface area contributed by atoms with E-state index < -0.39 is 0 Å². The Morgan fingerprint density at radius 1 is 1.42 bits per heavy atom. The second-order valence-corrected chi connectivity index (χ2v) is 7.55. The minimum absolute atomic E-state index is 0.0116. The van der Waals surface area contributed by atoms with Gasteiger partial charge in [-0.1, -0.05) is 12.1 Å². The summed E-state index contributed by atoms with van der Waals surface area (Å²) in [6.07, 6.45) is 1.49. The quantitative estimate of drug-likeness (QED) is 0.881. The van der Waals surface area contributed by atoms with E-state index >= 15 is 0 Å². The van der Waals surface area contributed by atoms with E-state index in [2.05, 4.69) is 22.4 Å². The number of aliphatic hydroxyl groups is 1. The molecule has 2 fully saturated rings. The molecule has 2 N–H and O–H groups in total. The molecule has 106 valence electrons. The van der Waals surface area contributed by atoms with Crippen molar-refractivity contribution in [2.45, 2.75) is 42.4 Å². The van der Waals surface area contributed by atoms with Gasteiger partial charge in [0, 0.05) is 23.3 Å². The molecule has 0 amide bonds. The minimum Gasteiger partial charge on any atom is -0.392 e. The fourth-order valence-electron chi connectivity index (χ4n) is 2.55. The summed E-state index contributed by atoms with van der Waals surface area (Å²) in [5, 5.41) is 17.8. The highest BCUT2D eigenvalue weighted by atomic mass is 32.2. The summed E-state index contributed by atoms with van der Waals surface area (Å²) < 4.78 is 5.39. The van der Waals surface area contributed by atoms with Crippen LogP contribution in [0.3, 0.4) is 0 Å². The van der Waals surface area contributed by atoms with Gasteiger partial charge in [-0.05, 0) is 12.8 Å². The predicted molar refractivity (Wildman–Crippen MR) is 77.4 cm³/mol. The smallest absolute Gasteiger partial charge is 0.243 e. The van der Waals surface area contributed by atoms with Crippen molar-refractivity contribution < 1.29 is 9.63 Å². The number of hydrogen-bond acceptors (Lipinski definition) is 7. The van der Waals surface area contributed by atoms with Gasteiger partial charge in [0.05, 0.1) is 17.4 Å². The Labute approximate surface area is 121 Å². The van der Waals surface area contributed by atoms with Gasteiger partial charge < -0.3 is 14.9 Å². The van der Waals surface area contributed by atoms with Gasteiger partial charge in [-0.25, -0.2) is 0 Å². The molecule has 2 saturated heterocycles. The first-order chi connectivity index (χ1) is 9.28. The van der Waals surface area contributed by atoms with E-state index in [4.69, 9.17) is 4.52 Å². The Kier molecular flexibility index (Phi) is 4.36. The average molecular weight is 301 g/mol. The van der Waals surface area contributed by atoms with Gasteiger partial charge in [0.1, 0.15) is 0 Å². The lowest BCUT2D eigenvalue weighted by Crippen LogP contribution is -2.19. The van der Waals surface area contributed by atoms with Crippen LogP contribution in [0.4, 0.5) is 0 Å². The zero-order valence-electron chi connectivity index (χ0n) is 10.9. The molecule has 0 spiro atoms. The van der Waals surface area contributed by atoms with Crippen LogP contribution < -0.4 is 5.32 Å². The molecule has 0 aromatic carbocycles. The van der Waals surface area contributed by atoms with Crippen LogP contribution in [-0.4, -0.2) is 44.7 Å². The number of thioether (sulfide) groups is 2. The number of β-amino-alcohol motifs (C(OH)–C–C–N with tert-alkyl or cyclic N) is 1. The molecule has 4 atom stereocenters. The SMILES string of the molecule is CCC1SCCSC1c1noc([C@@H]2CC(O)CN2)n1. The largest absolute Gasteiger partial charge is 0.392 e. The monoisotopic (exact) mass is 301 g/mol. The third kappa shape index (κ3) is 2.94. The summed E-state index contributed by atoms with van der Waals surface area (Å²) in [5.41, 5.74) is 0. The van der Waals surface area contributed by atoms with Crippen LogP contribution in [0.2, 0.25) is 0 Å². The summed E-state index contributed by atoms with van der Waals surface area (Å²) in [5.74, 6) is 3.80. The lowest BCUT2D eigenvalue weighted by molar-refractivity contribution is 0.191. The van der Waals surface area contributed by atoms with Crippen molar-refractivity contribution >= 4 is 23.5 Å². The molecule has 19 heavy (non-hydrogen) atoms. The van der Waals surface area contributed by atoms with Crippen molar-refractivity contribution in [3.05, 3.63) is 11.7 Å². The van der Waals surface area contributed by atoms with Crippen LogP contribution in [0.5, 0.6) is 0 Å². The molecule has 1 aromatic heterocycles. The molecule has 0 radical (unpaired) electrons. The second-order valence-electron chi connectivity index (χ2n) is 4.95. The van der Waals surface area contributed by atoms with E-state index in [-0.39, 0.29) is 12.1 Å². The van der Waals surface area contributed by atoms with Crippen LogP contribution in [0.1, 0.15) is 42.8 Å². The fraction of sp³-hybridized carbons (Fsp3) is 0.833. The highest BCUT2D eigenvalue weighted by Gasteiger charge is 2.33.